The van der Waals surface area contributed by atoms with Crippen LogP contribution in [0.1, 0.15) is 36.8 Å². The molecule has 0 fully saturated rings. The SMILES string of the molecule is O=C(CCCSCCCC(=O)N/N=C/C=C/c1ccccc1)N/N=C/C=Cc1ccccc1. The zero-order valence-corrected chi connectivity index (χ0v) is 19.4. The minimum Gasteiger partial charge on any atom is -0.273 e. The van der Waals surface area contributed by atoms with Crippen molar-refractivity contribution in [1.82, 2.24) is 10.9 Å². The highest BCUT2D eigenvalue weighted by Crippen LogP contribution is 2.08. The first-order chi connectivity index (χ1) is 16.2. The second kappa shape index (κ2) is 17.1. The van der Waals surface area contributed by atoms with Crippen molar-refractivity contribution in [3.05, 3.63) is 83.9 Å². The molecule has 2 aromatic rings. The summed E-state index contributed by atoms with van der Waals surface area (Å²) in [5, 5.41) is 7.81. The first-order valence-electron chi connectivity index (χ1n) is 10.9. The predicted molar refractivity (Wildman–Crippen MR) is 140 cm³/mol. The topological polar surface area (TPSA) is 82.9 Å². The third-order valence-electron chi connectivity index (χ3n) is 4.26. The largest absolute Gasteiger partial charge is 0.273 e. The number of thioether (sulfide) groups is 1. The van der Waals surface area contributed by atoms with Crippen LogP contribution in [-0.4, -0.2) is 35.7 Å². The summed E-state index contributed by atoms with van der Waals surface area (Å²) >= 11 is 1.74. The Balaban J connectivity index is 1.42. The second-order valence-electron chi connectivity index (χ2n) is 6.99. The highest BCUT2D eigenvalue weighted by molar-refractivity contribution is 7.99. The summed E-state index contributed by atoms with van der Waals surface area (Å²) in [5.74, 6) is 1.54. The van der Waals surface area contributed by atoms with E-state index in [1.54, 1.807) is 36.3 Å². The van der Waals surface area contributed by atoms with Gasteiger partial charge in [0, 0.05) is 25.3 Å². The molecule has 2 rings (SSSR count). The van der Waals surface area contributed by atoms with Crippen LogP contribution in [0, 0.1) is 0 Å². The molecule has 172 valence electrons. The van der Waals surface area contributed by atoms with Gasteiger partial charge in [-0.1, -0.05) is 72.8 Å². The number of carbonyl (C=O) groups is 2. The van der Waals surface area contributed by atoms with Crippen molar-refractivity contribution in [3.63, 3.8) is 0 Å². The molecule has 2 N–H and O–H groups in total. The second-order valence-corrected chi connectivity index (χ2v) is 8.21. The molecular formula is C26H30N4O2S. The molecule has 0 aliphatic heterocycles. The molecule has 0 bridgehead atoms. The van der Waals surface area contributed by atoms with Crippen molar-refractivity contribution in [2.45, 2.75) is 25.7 Å². The van der Waals surface area contributed by atoms with Crippen LogP contribution in [0.2, 0.25) is 0 Å². The lowest BCUT2D eigenvalue weighted by molar-refractivity contribution is -0.121. The maximum Gasteiger partial charge on any atom is 0.240 e. The summed E-state index contributed by atoms with van der Waals surface area (Å²) in [7, 11) is 0. The fraction of sp³-hybridized carbons (Fsp3) is 0.231. The normalized spacial score (nSPS) is 11.6. The van der Waals surface area contributed by atoms with E-state index in [-0.39, 0.29) is 11.8 Å². The Morgan fingerprint density at radius 1 is 0.697 bits per heavy atom. The average molecular weight is 463 g/mol. The van der Waals surface area contributed by atoms with E-state index in [1.165, 1.54) is 0 Å². The predicted octanol–water partition coefficient (Wildman–Crippen LogP) is 4.91. The number of nitrogens with zero attached hydrogens (tertiary/aromatic N) is 2. The molecule has 0 spiro atoms. The van der Waals surface area contributed by atoms with E-state index in [0.717, 1.165) is 35.5 Å². The van der Waals surface area contributed by atoms with Gasteiger partial charge < -0.3 is 0 Å². The Morgan fingerprint density at radius 3 is 1.55 bits per heavy atom. The zero-order valence-electron chi connectivity index (χ0n) is 18.6. The number of amides is 2. The van der Waals surface area contributed by atoms with Crippen molar-refractivity contribution in [3.8, 4) is 0 Å². The summed E-state index contributed by atoms with van der Waals surface area (Å²) in [4.78, 5) is 23.5. The molecule has 0 radical (unpaired) electrons. The Morgan fingerprint density at radius 2 is 1.12 bits per heavy atom. The minimum absolute atomic E-state index is 0.0986. The summed E-state index contributed by atoms with van der Waals surface area (Å²) < 4.78 is 0. The maximum atomic E-state index is 11.8. The number of carbonyl (C=O) groups excluding carboxylic acids is 2. The molecule has 0 heterocycles. The van der Waals surface area contributed by atoms with Crippen LogP contribution in [0.5, 0.6) is 0 Å². The zero-order chi connectivity index (χ0) is 23.4. The number of rotatable bonds is 14. The van der Waals surface area contributed by atoms with Crippen LogP contribution in [0.3, 0.4) is 0 Å². The lowest BCUT2D eigenvalue weighted by Crippen LogP contribution is -2.17. The van der Waals surface area contributed by atoms with Gasteiger partial charge in [0.05, 0.1) is 0 Å². The smallest absolute Gasteiger partial charge is 0.240 e. The molecule has 0 aromatic heterocycles. The van der Waals surface area contributed by atoms with E-state index in [4.69, 9.17) is 0 Å². The van der Waals surface area contributed by atoms with Gasteiger partial charge in [0.25, 0.3) is 0 Å². The van der Waals surface area contributed by atoms with E-state index in [2.05, 4.69) is 21.1 Å². The number of nitrogens with one attached hydrogen (secondary N) is 2. The fourth-order valence-electron chi connectivity index (χ4n) is 2.62. The number of hydrogen-bond acceptors (Lipinski definition) is 5. The summed E-state index contributed by atoms with van der Waals surface area (Å²) in [6.45, 7) is 0. The average Bonchev–Trinajstić information content (AvgIpc) is 2.84. The molecule has 0 aliphatic rings. The quantitative estimate of drug-likeness (QED) is 0.238. The van der Waals surface area contributed by atoms with E-state index < -0.39 is 0 Å². The molecular weight excluding hydrogens is 432 g/mol. The van der Waals surface area contributed by atoms with Crippen molar-refractivity contribution in [2.75, 3.05) is 11.5 Å². The van der Waals surface area contributed by atoms with Crippen LogP contribution in [-0.2, 0) is 9.59 Å². The third-order valence-corrected chi connectivity index (χ3v) is 5.42. The van der Waals surface area contributed by atoms with Crippen molar-refractivity contribution < 1.29 is 9.59 Å². The van der Waals surface area contributed by atoms with Gasteiger partial charge in [-0.3, -0.25) is 9.59 Å². The van der Waals surface area contributed by atoms with E-state index in [0.29, 0.717) is 12.8 Å². The van der Waals surface area contributed by atoms with Gasteiger partial charge in [0.1, 0.15) is 0 Å². The van der Waals surface area contributed by atoms with E-state index in [1.807, 2.05) is 72.8 Å². The monoisotopic (exact) mass is 462 g/mol. The van der Waals surface area contributed by atoms with Gasteiger partial charge in [-0.2, -0.15) is 22.0 Å². The summed E-state index contributed by atoms with van der Waals surface area (Å²) in [6.07, 6.45) is 12.9. The summed E-state index contributed by atoms with van der Waals surface area (Å²) in [6, 6.07) is 19.8. The van der Waals surface area contributed by atoms with Gasteiger partial charge in [-0.25, -0.2) is 10.9 Å². The molecule has 0 saturated heterocycles. The number of hydrazone groups is 2. The highest BCUT2D eigenvalue weighted by Gasteiger charge is 2.01. The van der Waals surface area contributed by atoms with Gasteiger partial charge >= 0.3 is 0 Å². The number of benzene rings is 2. The number of allylic oxidation sites excluding steroid dienone is 2. The fourth-order valence-corrected chi connectivity index (χ4v) is 3.53. The molecule has 0 aliphatic carbocycles. The highest BCUT2D eigenvalue weighted by atomic mass is 32.2. The maximum absolute atomic E-state index is 11.8. The van der Waals surface area contributed by atoms with Crippen LogP contribution in [0.4, 0.5) is 0 Å². The molecule has 0 atom stereocenters. The van der Waals surface area contributed by atoms with Gasteiger partial charge in [0.15, 0.2) is 0 Å². The van der Waals surface area contributed by atoms with Crippen molar-refractivity contribution >= 4 is 48.2 Å². The Bertz CT molecular complexity index is 864. The van der Waals surface area contributed by atoms with Crippen LogP contribution in [0.25, 0.3) is 12.2 Å². The molecule has 0 unspecified atom stereocenters. The molecule has 6 nitrogen and oxygen atoms in total. The lowest BCUT2D eigenvalue weighted by Gasteiger charge is -2.02. The third kappa shape index (κ3) is 13.5. The Kier molecular flexibility index (Phi) is 13.4. The van der Waals surface area contributed by atoms with E-state index in [9.17, 15) is 9.59 Å². The van der Waals surface area contributed by atoms with Crippen LogP contribution < -0.4 is 10.9 Å². The van der Waals surface area contributed by atoms with Crippen molar-refractivity contribution in [2.24, 2.45) is 10.2 Å². The van der Waals surface area contributed by atoms with Crippen molar-refractivity contribution in [1.29, 1.82) is 0 Å². The Labute approximate surface area is 199 Å². The minimum atomic E-state index is -0.0986. The van der Waals surface area contributed by atoms with Gasteiger partial charge in [0.2, 0.25) is 11.8 Å². The molecule has 7 heteroatoms. The van der Waals surface area contributed by atoms with Gasteiger partial charge in [-0.15, -0.1) is 0 Å². The number of hydrogen-bond donors (Lipinski definition) is 2. The molecule has 2 aromatic carbocycles. The van der Waals surface area contributed by atoms with Crippen LogP contribution >= 0.6 is 11.8 Å². The first-order valence-corrected chi connectivity index (χ1v) is 12.0. The molecule has 0 saturated carbocycles. The molecule has 2 amide bonds. The van der Waals surface area contributed by atoms with Gasteiger partial charge in [-0.05, 0) is 47.6 Å². The lowest BCUT2D eigenvalue weighted by atomic mass is 10.2. The Hall–Kier alpha value is -3.45. The first kappa shape index (κ1) is 25.8. The summed E-state index contributed by atoms with van der Waals surface area (Å²) in [5.41, 5.74) is 7.20. The molecule has 33 heavy (non-hydrogen) atoms. The van der Waals surface area contributed by atoms with E-state index >= 15 is 0 Å². The standard InChI is InChI=1S/C26H30N4O2S/c31-25(29-27-19-7-15-23-11-3-1-4-12-23)17-9-21-33-22-10-18-26(32)30-28-20-8-16-24-13-5-2-6-14-24/h1-8,11-16,19-20H,9-10,17-18,21-22H2,(H,29,31)(H,30,32)/b15-7+,16-8?,27-19+,28-20+. The van der Waals surface area contributed by atoms with Crippen LogP contribution in [0.15, 0.2) is 83.0 Å².